The van der Waals surface area contributed by atoms with Gasteiger partial charge in [0, 0.05) is 16.0 Å². The molecule has 1 nitrogen and oxygen atoms in total. The summed E-state index contributed by atoms with van der Waals surface area (Å²) in [5.74, 6) is 1.18. The van der Waals surface area contributed by atoms with E-state index in [4.69, 9.17) is 27.9 Å². The second kappa shape index (κ2) is 5.16. The monoisotopic (exact) mass is 268 g/mol. The van der Waals surface area contributed by atoms with Gasteiger partial charge in [-0.25, -0.2) is 0 Å². The molecule has 1 aromatic carbocycles. The van der Waals surface area contributed by atoms with E-state index in [0.717, 1.165) is 17.7 Å². The van der Waals surface area contributed by atoms with Gasteiger partial charge in [-0.3, -0.25) is 0 Å². The molecule has 0 N–H and O–H groups in total. The number of hydrogen-bond donors (Lipinski definition) is 0. The average molecular weight is 269 g/mol. The van der Waals surface area contributed by atoms with E-state index in [1.165, 1.54) is 5.57 Å². The van der Waals surface area contributed by atoms with E-state index < -0.39 is 0 Å². The number of benzene rings is 1. The van der Waals surface area contributed by atoms with Crippen molar-refractivity contribution in [2.75, 3.05) is 7.11 Å². The molecule has 1 aromatic rings. The smallest absolute Gasteiger partial charge is 0.115 e. The first-order valence-corrected chi connectivity index (χ1v) is 6.23. The van der Waals surface area contributed by atoms with Gasteiger partial charge in [0.15, 0.2) is 0 Å². The van der Waals surface area contributed by atoms with Crippen LogP contribution in [0.5, 0.6) is 0 Å². The average Bonchev–Trinajstić information content (AvgIpc) is 2.26. The molecule has 2 rings (SSSR count). The number of allylic oxidation sites excluding steroid dienone is 3. The van der Waals surface area contributed by atoms with Crippen LogP contribution in [-0.2, 0) is 4.74 Å². The lowest BCUT2D eigenvalue weighted by Gasteiger charge is -2.20. The highest BCUT2D eigenvalue weighted by Crippen LogP contribution is 2.33. The summed E-state index contributed by atoms with van der Waals surface area (Å²) in [6, 6.07) is 5.67. The van der Waals surface area contributed by atoms with Crippen molar-refractivity contribution >= 4 is 23.2 Å². The number of methoxy groups -OCH3 is 1. The zero-order chi connectivity index (χ0) is 12.4. The van der Waals surface area contributed by atoms with Crippen molar-refractivity contribution in [1.82, 2.24) is 0 Å². The summed E-state index contributed by atoms with van der Waals surface area (Å²) in [5.41, 5.74) is 2.43. The van der Waals surface area contributed by atoms with Crippen LogP contribution in [0.3, 0.4) is 0 Å². The topological polar surface area (TPSA) is 9.23 Å². The van der Waals surface area contributed by atoms with Gasteiger partial charge >= 0.3 is 0 Å². The van der Waals surface area contributed by atoms with Gasteiger partial charge in [0.25, 0.3) is 0 Å². The van der Waals surface area contributed by atoms with Crippen LogP contribution in [0.1, 0.15) is 24.8 Å². The number of halogens is 2. The van der Waals surface area contributed by atoms with Gasteiger partial charge in [-0.2, -0.15) is 0 Å². The second-order valence-corrected chi connectivity index (χ2v) is 5.15. The van der Waals surface area contributed by atoms with Crippen molar-refractivity contribution < 1.29 is 4.74 Å². The van der Waals surface area contributed by atoms with Gasteiger partial charge < -0.3 is 4.74 Å². The Labute approximate surface area is 112 Å². The van der Waals surface area contributed by atoms with E-state index in [2.05, 4.69) is 19.1 Å². The molecule has 0 amide bonds. The Morgan fingerprint density at radius 3 is 2.41 bits per heavy atom. The molecule has 1 aliphatic carbocycles. The summed E-state index contributed by atoms with van der Waals surface area (Å²) in [6.07, 6.45) is 5.14. The molecule has 0 aliphatic heterocycles. The fourth-order valence-electron chi connectivity index (χ4n) is 2.08. The minimum absolute atomic E-state index is 0.283. The Kier molecular flexibility index (Phi) is 3.80. The Bertz CT molecular complexity index is 469. The van der Waals surface area contributed by atoms with E-state index in [1.807, 2.05) is 12.1 Å². The number of rotatable bonds is 2. The summed E-state index contributed by atoms with van der Waals surface area (Å²) < 4.78 is 5.29. The van der Waals surface area contributed by atoms with Gasteiger partial charge in [0.1, 0.15) is 5.76 Å². The van der Waals surface area contributed by atoms with Gasteiger partial charge in [0.05, 0.1) is 7.11 Å². The molecular formula is C14H14Cl2O. The summed E-state index contributed by atoms with van der Waals surface area (Å²) in [6.45, 7) is 2.10. The lowest BCUT2D eigenvalue weighted by molar-refractivity contribution is 0.301. The molecule has 0 radical (unpaired) electrons. The predicted molar refractivity (Wildman–Crippen MR) is 72.7 cm³/mol. The normalized spacial score (nSPS) is 19.6. The highest BCUT2D eigenvalue weighted by Gasteiger charge is 2.16. The Hall–Kier alpha value is -0.920. The van der Waals surface area contributed by atoms with Crippen LogP contribution in [0.4, 0.5) is 0 Å². The van der Waals surface area contributed by atoms with Gasteiger partial charge in [0.2, 0.25) is 0 Å². The first kappa shape index (κ1) is 12.5. The van der Waals surface area contributed by atoms with E-state index in [1.54, 1.807) is 13.2 Å². The Morgan fingerprint density at radius 2 is 1.82 bits per heavy atom. The van der Waals surface area contributed by atoms with Crippen LogP contribution in [0, 0.1) is 0 Å². The number of hydrogen-bond acceptors (Lipinski definition) is 1. The van der Waals surface area contributed by atoms with E-state index in [9.17, 15) is 0 Å². The van der Waals surface area contributed by atoms with Gasteiger partial charge in [-0.1, -0.05) is 28.8 Å². The van der Waals surface area contributed by atoms with Crippen LogP contribution < -0.4 is 0 Å². The number of ether oxygens (including phenoxy) is 1. The highest BCUT2D eigenvalue weighted by atomic mass is 35.5. The molecule has 0 saturated heterocycles. The van der Waals surface area contributed by atoms with Gasteiger partial charge in [-0.15, -0.1) is 0 Å². The summed E-state index contributed by atoms with van der Waals surface area (Å²) in [5, 5.41) is 1.35. The minimum Gasteiger partial charge on any atom is -0.497 e. The lowest BCUT2D eigenvalue weighted by Crippen LogP contribution is -2.03. The minimum atomic E-state index is 0.283. The molecule has 1 unspecified atom stereocenters. The Balaban J connectivity index is 2.35. The first-order chi connectivity index (χ1) is 8.08. The van der Waals surface area contributed by atoms with E-state index in [0.29, 0.717) is 10.0 Å². The fraction of sp³-hybridized carbons (Fsp3) is 0.286. The molecule has 90 valence electrons. The van der Waals surface area contributed by atoms with Crippen LogP contribution in [0.25, 0.3) is 0 Å². The molecule has 17 heavy (non-hydrogen) atoms. The highest BCUT2D eigenvalue weighted by molar-refractivity contribution is 6.34. The maximum absolute atomic E-state index is 6.02. The molecule has 0 spiro atoms. The van der Waals surface area contributed by atoms with Crippen molar-refractivity contribution in [3.05, 3.63) is 57.3 Å². The maximum atomic E-state index is 6.02. The molecular weight excluding hydrogens is 255 g/mol. The maximum Gasteiger partial charge on any atom is 0.115 e. The summed E-state index contributed by atoms with van der Waals surface area (Å²) in [4.78, 5) is 0. The molecule has 1 aliphatic rings. The second-order valence-electron chi connectivity index (χ2n) is 4.28. The van der Waals surface area contributed by atoms with Crippen molar-refractivity contribution in [3.63, 3.8) is 0 Å². The first-order valence-electron chi connectivity index (χ1n) is 5.47. The van der Waals surface area contributed by atoms with Crippen molar-refractivity contribution in [3.8, 4) is 0 Å². The molecule has 1 atom stereocenters. The molecule has 0 heterocycles. The summed E-state index contributed by atoms with van der Waals surface area (Å²) >= 11 is 12.0. The third kappa shape index (κ3) is 3.05. The summed E-state index contributed by atoms with van der Waals surface area (Å²) in [7, 11) is 1.68. The molecule has 0 aromatic heterocycles. The quantitative estimate of drug-likeness (QED) is 0.737. The zero-order valence-electron chi connectivity index (χ0n) is 9.84. The van der Waals surface area contributed by atoms with E-state index >= 15 is 0 Å². The zero-order valence-corrected chi connectivity index (χ0v) is 11.3. The van der Waals surface area contributed by atoms with Crippen molar-refractivity contribution in [2.45, 2.75) is 19.3 Å². The standard InChI is InChI=1S/C14H14Cl2O/c1-9-3-10(7-14(4-9)17-2)11-5-12(15)8-13(16)6-11/h4-8,10H,3H2,1-2H3. The van der Waals surface area contributed by atoms with Gasteiger partial charge in [-0.05, 0) is 49.3 Å². The van der Waals surface area contributed by atoms with Crippen LogP contribution in [0.2, 0.25) is 10.0 Å². The molecule has 0 bridgehead atoms. The molecule has 0 saturated carbocycles. The van der Waals surface area contributed by atoms with Crippen molar-refractivity contribution in [2.24, 2.45) is 0 Å². The van der Waals surface area contributed by atoms with E-state index in [-0.39, 0.29) is 5.92 Å². The largest absolute Gasteiger partial charge is 0.497 e. The SMILES string of the molecule is COC1=CC(c2cc(Cl)cc(Cl)c2)CC(C)=C1. The third-order valence-corrected chi connectivity index (χ3v) is 3.28. The lowest BCUT2D eigenvalue weighted by atomic mass is 9.88. The third-order valence-electron chi connectivity index (χ3n) is 2.84. The molecule has 0 fully saturated rings. The van der Waals surface area contributed by atoms with Crippen molar-refractivity contribution in [1.29, 1.82) is 0 Å². The predicted octanol–water partition coefficient (Wildman–Crippen LogP) is 4.96. The molecule has 3 heteroatoms. The fourth-order valence-corrected chi connectivity index (χ4v) is 2.63. The Morgan fingerprint density at radius 1 is 1.18 bits per heavy atom. The van der Waals surface area contributed by atoms with Crippen LogP contribution in [-0.4, -0.2) is 7.11 Å². The van der Waals surface area contributed by atoms with Crippen LogP contribution >= 0.6 is 23.2 Å². The van der Waals surface area contributed by atoms with Crippen LogP contribution in [0.15, 0.2) is 41.7 Å².